The van der Waals surface area contributed by atoms with Crippen LogP contribution in [0.1, 0.15) is 46.6 Å². The first-order valence-corrected chi connectivity index (χ1v) is 9.75. The highest BCUT2D eigenvalue weighted by Gasteiger charge is 2.18. The molecule has 1 amide bonds. The number of carbonyl (C=O) groups is 2. The lowest BCUT2D eigenvalue weighted by atomic mass is 10.1. The van der Waals surface area contributed by atoms with Gasteiger partial charge in [0.15, 0.2) is 11.5 Å². The quantitative estimate of drug-likeness (QED) is 0.520. The van der Waals surface area contributed by atoms with E-state index in [-0.39, 0.29) is 24.2 Å². The number of esters is 1. The van der Waals surface area contributed by atoms with Gasteiger partial charge in [0.25, 0.3) is 0 Å². The highest BCUT2D eigenvalue weighted by molar-refractivity contribution is 5.79. The third-order valence-electron chi connectivity index (χ3n) is 3.97. The van der Waals surface area contributed by atoms with E-state index in [1.165, 1.54) is 0 Å². The van der Waals surface area contributed by atoms with Crippen LogP contribution in [0, 0.1) is 5.92 Å². The summed E-state index contributed by atoms with van der Waals surface area (Å²) in [6.45, 7) is 11.8. The van der Waals surface area contributed by atoms with Gasteiger partial charge in [0, 0.05) is 19.0 Å². The Bertz CT molecular complexity index is 600. The Labute approximate surface area is 162 Å². The molecule has 0 atom stereocenters. The summed E-state index contributed by atoms with van der Waals surface area (Å²) in [5.74, 6) is 1.08. The van der Waals surface area contributed by atoms with Crippen LogP contribution in [0.4, 0.5) is 0 Å². The average Bonchev–Trinajstić information content (AvgIpc) is 2.63. The van der Waals surface area contributed by atoms with Crippen LogP contribution in [0.25, 0.3) is 0 Å². The molecule has 1 aromatic rings. The number of benzene rings is 1. The number of hydrogen-bond donors (Lipinski definition) is 0. The number of carbonyl (C=O) groups excluding carboxylic acids is 2. The van der Waals surface area contributed by atoms with Crippen molar-refractivity contribution < 1.29 is 23.8 Å². The summed E-state index contributed by atoms with van der Waals surface area (Å²) in [7, 11) is 0. The van der Waals surface area contributed by atoms with Gasteiger partial charge in [-0.1, -0.05) is 19.9 Å². The largest absolute Gasteiger partial charge is 0.490 e. The second kappa shape index (κ2) is 12.2. The Balaban J connectivity index is 2.79. The van der Waals surface area contributed by atoms with Crippen molar-refractivity contribution in [1.29, 1.82) is 0 Å². The van der Waals surface area contributed by atoms with Crippen molar-refractivity contribution in [3.05, 3.63) is 23.8 Å². The molecule has 0 aliphatic rings. The zero-order valence-electron chi connectivity index (χ0n) is 17.2. The number of amides is 1. The van der Waals surface area contributed by atoms with Gasteiger partial charge in [-0.2, -0.15) is 0 Å². The molecule has 152 valence electrons. The summed E-state index contributed by atoms with van der Waals surface area (Å²) in [6, 6.07) is 5.84. The van der Waals surface area contributed by atoms with Gasteiger partial charge in [0.05, 0.1) is 26.2 Å². The molecule has 0 unspecified atom stereocenters. The maximum absolute atomic E-state index is 12.5. The van der Waals surface area contributed by atoms with E-state index in [1.807, 2.05) is 45.9 Å². The van der Waals surface area contributed by atoms with Crippen LogP contribution in [0.15, 0.2) is 18.2 Å². The predicted molar refractivity (Wildman–Crippen MR) is 105 cm³/mol. The van der Waals surface area contributed by atoms with Gasteiger partial charge in [-0.25, -0.2) is 0 Å². The van der Waals surface area contributed by atoms with Crippen molar-refractivity contribution in [3.8, 4) is 11.5 Å². The first-order chi connectivity index (χ1) is 12.9. The number of nitrogens with zero attached hydrogens (tertiary/aromatic N) is 1. The van der Waals surface area contributed by atoms with Crippen LogP contribution in [-0.4, -0.2) is 49.7 Å². The van der Waals surface area contributed by atoms with E-state index in [2.05, 4.69) is 0 Å². The molecule has 6 nitrogen and oxygen atoms in total. The third-order valence-corrected chi connectivity index (χ3v) is 3.97. The molecule has 0 saturated carbocycles. The summed E-state index contributed by atoms with van der Waals surface area (Å²) in [4.78, 5) is 25.8. The molecular formula is C21H33NO5. The van der Waals surface area contributed by atoms with Gasteiger partial charge < -0.3 is 19.1 Å². The van der Waals surface area contributed by atoms with Gasteiger partial charge in [-0.15, -0.1) is 0 Å². The van der Waals surface area contributed by atoms with Gasteiger partial charge in [-0.05, 0) is 44.9 Å². The topological polar surface area (TPSA) is 65.1 Å². The van der Waals surface area contributed by atoms with E-state index in [1.54, 1.807) is 11.8 Å². The normalized spacial score (nSPS) is 10.6. The zero-order valence-corrected chi connectivity index (χ0v) is 17.2. The lowest BCUT2D eigenvalue weighted by Gasteiger charge is -2.24. The first-order valence-electron chi connectivity index (χ1n) is 9.75. The molecule has 0 aliphatic heterocycles. The van der Waals surface area contributed by atoms with Crippen molar-refractivity contribution in [1.82, 2.24) is 4.90 Å². The SMILES string of the molecule is CCOC(=O)CCN(CCc1ccc(OCC)c(OCC)c1)C(=O)C(C)C. The fourth-order valence-corrected chi connectivity index (χ4v) is 2.67. The van der Waals surface area contributed by atoms with Crippen molar-refractivity contribution in [3.63, 3.8) is 0 Å². The van der Waals surface area contributed by atoms with E-state index in [9.17, 15) is 9.59 Å². The molecule has 0 N–H and O–H groups in total. The minimum atomic E-state index is -0.279. The van der Waals surface area contributed by atoms with Crippen LogP contribution in [0.3, 0.4) is 0 Å². The zero-order chi connectivity index (χ0) is 20.2. The minimum Gasteiger partial charge on any atom is -0.490 e. The van der Waals surface area contributed by atoms with Gasteiger partial charge in [-0.3, -0.25) is 9.59 Å². The Morgan fingerprint density at radius 3 is 2.22 bits per heavy atom. The summed E-state index contributed by atoms with van der Waals surface area (Å²) >= 11 is 0. The maximum atomic E-state index is 12.5. The fourth-order valence-electron chi connectivity index (χ4n) is 2.67. The Hall–Kier alpha value is -2.24. The molecule has 0 heterocycles. The van der Waals surface area contributed by atoms with Gasteiger partial charge >= 0.3 is 5.97 Å². The van der Waals surface area contributed by atoms with E-state index < -0.39 is 0 Å². The lowest BCUT2D eigenvalue weighted by molar-refractivity contribution is -0.144. The van der Waals surface area contributed by atoms with Gasteiger partial charge in [0.1, 0.15) is 0 Å². The molecule has 0 spiro atoms. The summed E-state index contributed by atoms with van der Waals surface area (Å²) in [5.41, 5.74) is 1.06. The van der Waals surface area contributed by atoms with Crippen LogP contribution >= 0.6 is 0 Å². The Morgan fingerprint density at radius 1 is 0.963 bits per heavy atom. The van der Waals surface area contributed by atoms with Crippen molar-refractivity contribution in [2.45, 2.75) is 47.5 Å². The fraction of sp³-hybridized carbons (Fsp3) is 0.619. The van der Waals surface area contributed by atoms with Crippen molar-refractivity contribution >= 4 is 11.9 Å². The van der Waals surface area contributed by atoms with Crippen molar-refractivity contribution in [2.75, 3.05) is 32.9 Å². The molecule has 6 heteroatoms. The predicted octanol–water partition coefficient (Wildman–Crippen LogP) is 3.46. The third kappa shape index (κ3) is 7.89. The Morgan fingerprint density at radius 2 is 1.63 bits per heavy atom. The second-order valence-corrected chi connectivity index (χ2v) is 6.43. The molecular weight excluding hydrogens is 346 g/mol. The molecule has 0 fully saturated rings. The summed E-state index contributed by atoms with van der Waals surface area (Å²) in [6.07, 6.45) is 0.882. The number of rotatable bonds is 12. The average molecular weight is 379 g/mol. The minimum absolute atomic E-state index is 0.0373. The van der Waals surface area contributed by atoms with Crippen LogP contribution in [0.2, 0.25) is 0 Å². The molecule has 0 radical (unpaired) electrons. The monoisotopic (exact) mass is 379 g/mol. The number of hydrogen-bond acceptors (Lipinski definition) is 5. The molecule has 1 rings (SSSR count). The van der Waals surface area contributed by atoms with Crippen LogP contribution < -0.4 is 9.47 Å². The molecule has 0 aromatic heterocycles. The van der Waals surface area contributed by atoms with Crippen LogP contribution in [0.5, 0.6) is 11.5 Å². The van der Waals surface area contributed by atoms with E-state index in [4.69, 9.17) is 14.2 Å². The highest BCUT2D eigenvalue weighted by Crippen LogP contribution is 2.28. The summed E-state index contributed by atoms with van der Waals surface area (Å²) < 4.78 is 16.2. The summed E-state index contributed by atoms with van der Waals surface area (Å²) in [5, 5.41) is 0. The maximum Gasteiger partial charge on any atom is 0.307 e. The molecule has 27 heavy (non-hydrogen) atoms. The van der Waals surface area contributed by atoms with Crippen LogP contribution in [-0.2, 0) is 20.7 Å². The molecule has 0 bridgehead atoms. The first kappa shape index (κ1) is 22.8. The number of ether oxygens (including phenoxy) is 3. The highest BCUT2D eigenvalue weighted by atomic mass is 16.5. The molecule has 1 aromatic carbocycles. The van der Waals surface area contributed by atoms with E-state index in [0.717, 1.165) is 11.3 Å². The second-order valence-electron chi connectivity index (χ2n) is 6.43. The molecule has 0 saturated heterocycles. The molecule has 0 aliphatic carbocycles. The Kier molecular flexibility index (Phi) is 10.3. The smallest absolute Gasteiger partial charge is 0.307 e. The standard InChI is InChI=1S/C21H33NO5/c1-6-25-18-10-9-17(15-19(18)26-7-2)11-13-22(21(24)16(4)5)14-12-20(23)27-8-3/h9-10,15-16H,6-8,11-14H2,1-5H3. The lowest BCUT2D eigenvalue weighted by Crippen LogP contribution is -2.37. The van der Waals surface area contributed by atoms with Crippen molar-refractivity contribution in [2.24, 2.45) is 5.92 Å². The van der Waals surface area contributed by atoms with Gasteiger partial charge in [0.2, 0.25) is 5.91 Å². The van der Waals surface area contributed by atoms with E-state index >= 15 is 0 Å². The van der Waals surface area contributed by atoms with E-state index in [0.29, 0.717) is 45.1 Å².